The van der Waals surface area contributed by atoms with E-state index in [0.717, 1.165) is 33.9 Å². The van der Waals surface area contributed by atoms with Crippen molar-refractivity contribution in [2.75, 3.05) is 41.1 Å². The van der Waals surface area contributed by atoms with Crippen molar-refractivity contribution in [2.24, 2.45) is 4.99 Å². The summed E-state index contributed by atoms with van der Waals surface area (Å²) in [4.78, 5) is 4.31. The highest BCUT2D eigenvalue weighted by atomic mass is 16.5. The monoisotopic (exact) mass is 415 g/mol. The molecule has 0 aliphatic rings. The Morgan fingerprint density at radius 2 is 1.60 bits per heavy atom. The third-order valence-electron chi connectivity index (χ3n) is 4.52. The molecule has 0 unspecified atom stereocenters. The SMILES string of the molecule is CCOCCOc1cc(C)ccc1CNC(=NC)NCc1ccc(OC)cc1OC. The van der Waals surface area contributed by atoms with Gasteiger partial charge in [0.25, 0.3) is 0 Å². The van der Waals surface area contributed by atoms with Gasteiger partial charge in [0.2, 0.25) is 0 Å². The number of methoxy groups -OCH3 is 2. The summed E-state index contributed by atoms with van der Waals surface area (Å²) in [5.74, 6) is 3.07. The number of aliphatic imine (C=N–C) groups is 1. The molecular weight excluding hydrogens is 382 g/mol. The molecule has 0 saturated carbocycles. The Balaban J connectivity index is 1.96. The van der Waals surface area contributed by atoms with Gasteiger partial charge in [-0.25, -0.2) is 0 Å². The summed E-state index contributed by atoms with van der Waals surface area (Å²) >= 11 is 0. The molecule has 7 nitrogen and oxygen atoms in total. The van der Waals surface area contributed by atoms with Crippen LogP contribution in [0.25, 0.3) is 0 Å². The number of nitrogens with zero attached hydrogens (tertiary/aromatic N) is 1. The third kappa shape index (κ3) is 7.15. The highest BCUT2D eigenvalue weighted by Gasteiger charge is 2.08. The average Bonchev–Trinajstić information content (AvgIpc) is 2.77. The lowest BCUT2D eigenvalue weighted by molar-refractivity contribution is 0.110. The lowest BCUT2D eigenvalue weighted by atomic mass is 10.1. The van der Waals surface area contributed by atoms with Crippen LogP contribution >= 0.6 is 0 Å². The first-order valence-electron chi connectivity index (χ1n) is 10.1. The summed E-state index contributed by atoms with van der Waals surface area (Å²) in [6, 6.07) is 11.9. The molecule has 0 aliphatic carbocycles. The quantitative estimate of drug-likeness (QED) is 0.333. The summed E-state index contributed by atoms with van der Waals surface area (Å²) in [5.41, 5.74) is 3.22. The van der Waals surface area contributed by atoms with Crippen LogP contribution in [0.5, 0.6) is 17.2 Å². The molecule has 0 bridgehead atoms. The lowest BCUT2D eigenvalue weighted by Crippen LogP contribution is -2.36. The minimum Gasteiger partial charge on any atom is -0.497 e. The van der Waals surface area contributed by atoms with E-state index < -0.39 is 0 Å². The highest BCUT2D eigenvalue weighted by molar-refractivity contribution is 5.79. The van der Waals surface area contributed by atoms with Crippen molar-refractivity contribution in [3.05, 3.63) is 53.1 Å². The van der Waals surface area contributed by atoms with Gasteiger partial charge in [-0.2, -0.15) is 0 Å². The van der Waals surface area contributed by atoms with Crippen molar-refractivity contribution >= 4 is 5.96 Å². The fraction of sp³-hybridized carbons (Fsp3) is 0.435. The number of aryl methyl sites for hydroxylation is 1. The van der Waals surface area contributed by atoms with E-state index in [2.05, 4.69) is 34.7 Å². The van der Waals surface area contributed by atoms with Crippen LogP contribution in [-0.4, -0.2) is 47.0 Å². The number of nitrogens with one attached hydrogen (secondary N) is 2. The second-order valence-electron chi connectivity index (χ2n) is 6.61. The first-order chi connectivity index (χ1) is 14.6. The average molecular weight is 416 g/mol. The molecule has 0 aliphatic heterocycles. The molecule has 0 spiro atoms. The Morgan fingerprint density at radius 1 is 0.900 bits per heavy atom. The maximum absolute atomic E-state index is 5.91. The van der Waals surface area contributed by atoms with E-state index in [-0.39, 0.29) is 0 Å². The van der Waals surface area contributed by atoms with Crippen LogP contribution in [0.2, 0.25) is 0 Å². The van der Waals surface area contributed by atoms with Crippen molar-refractivity contribution in [1.29, 1.82) is 0 Å². The number of guanidine groups is 1. The van der Waals surface area contributed by atoms with Crippen molar-refractivity contribution in [1.82, 2.24) is 10.6 Å². The molecule has 164 valence electrons. The predicted octanol–water partition coefficient (Wildman–Crippen LogP) is 3.29. The molecule has 2 N–H and O–H groups in total. The standard InChI is InChI=1S/C23H33N3O4/c1-6-29-11-12-30-22-13-17(2)7-8-19(22)16-26-23(24-3)25-15-18-9-10-20(27-4)14-21(18)28-5/h7-10,13-14H,6,11-12,15-16H2,1-5H3,(H2,24,25,26). The van der Waals surface area contributed by atoms with Crippen molar-refractivity contribution in [3.63, 3.8) is 0 Å². The predicted molar refractivity (Wildman–Crippen MR) is 120 cm³/mol. The molecule has 0 radical (unpaired) electrons. The summed E-state index contributed by atoms with van der Waals surface area (Å²) in [5, 5.41) is 6.66. The minimum absolute atomic E-state index is 0.522. The summed E-state index contributed by atoms with van der Waals surface area (Å²) in [6.45, 7) is 6.96. The molecule has 0 fully saturated rings. The molecule has 2 aromatic carbocycles. The van der Waals surface area contributed by atoms with E-state index in [1.807, 2.05) is 31.2 Å². The molecule has 7 heteroatoms. The normalized spacial score (nSPS) is 11.2. The lowest BCUT2D eigenvalue weighted by Gasteiger charge is -2.16. The van der Waals surface area contributed by atoms with Crippen LogP contribution in [0.4, 0.5) is 0 Å². The first-order valence-corrected chi connectivity index (χ1v) is 10.1. The zero-order valence-corrected chi connectivity index (χ0v) is 18.6. The Kier molecular flexibility index (Phi) is 9.80. The third-order valence-corrected chi connectivity index (χ3v) is 4.52. The fourth-order valence-corrected chi connectivity index (χ4v) is 2.87. The van der Waals surface area contributed by atoms with E-state index in [4.69, 9.17) is 18.9 Å². The van der Waals surface area contributed by atoms with E-state index in [1.165, 1.54) is 0 Å². The maximum atomic E-state index is 5.91. The highest BCUT2D eigenvalue weighted by Crippen LogP contribution is 2.24. The van der Waals surface area contributed by atoms with Gasteiger partial charge in [-0.05, 0) is 37.6 Å². The summed E-state index contributed by atoms with van der Waals surface area (Å²) in [7, 11) is 5.03. The van der Waals surface area contributed by atoms with Gasteiger partial charge in [-0.3, -0.25) is 4.99 Å². The van der Waals surface area contributed by atoms with E-state index in [9.17, 15) is 0 Å². The largest absolute Gasteiger partial charge is 0.497 e. The topological polar surface area (TPSA) is 73.3 Å². The molecule has 2 rings (SSSR count). The zero-order chi connectivity index (χ0) is 21.8. The summed E-state index contributed by atoms with van der Waals surface area (Å²) in [6.07, 6.45) is 0. The molecule has 0 aromatic heterocycles. The molecule has 0 atom stereocenters. The van der Waals surface area contributed by atoms with Gasteiger partial charge in [0.05, 0.1) is 20.8 Å². The van der Waals surface area contributed by atoms with Gasteiger partial charge in [0.1, 0.15) is 23.9 Å². The van der Waals surface area contributed by atoms with E-state index >= 15 is 0 Å². The van der Waals surface area contributed by atoms with Crippen LogP contribution in [-0.2, 0) is 17.8 Å². The zero-order valence-electron chi connectivity index (χ0n) is 18.6. The van der Waals surface area contributed by atoms with Crippen LogP contribution in [0.15, 0.2) is 41.4 Å². The van der Waals surface area contributed by atoms with Gasteiger partial charge in [-0.1, -0.05) is 12.1 Å². The Hall–Kier alpha value is -2.93. The number of hydrogen-bond acceptors (Lipinski definition) is 5. The second-order valence-corrected chi connectivity index (χ2v) is 6.61. The fourth-order valence-electron chi connectivity index (χ4n) is 2.87. The van der Waals surface area contributed by atoms with E-state index in [1.54, 1.807) is 21.3 Å². The molecule has 0 heterocycles. The van der Waals surface area contributed by atoms with Gasteiger partial charge in [0, 0.05) is 43.9 Å². The molecule has 0 saturated heterocycles. The van der Waals surface area contributed by atoms with Crippen molar-refractivity contribution in [2.45, 2.75) is 26.9 Å². The van der Waals surface area contributed by atoms with E-state index in [0.29, 0.717) is 38.9 Å². The smallest absolute Gasteiger partial charge is 0.191 e. The number of hydrogen-bond donors (Lipinski definition) is 2. The maximum Gasteiger partial charge on any atom is 0.191 e. The molecule has 2 aromatic rings. The number of benzene rings is 2. The number of ether oxygens (including phenoxy) is 4. The number of rotatable bonds is 11. The van der Waals surface area contributed by atoms with Crippen LogP contribution < -0.4 is 24.8 Å². The van der Waals surface area contributed by atoms with Crippen molar-refractivity contribution < 1.29 is 18.9 Å². The van der Waals surface area contributed by atoms with Crippen molar-refractivity contribution in [3.8, 4) is 17.2 Å². The Bertz CT molecular complexity index is 824. The first kappa shape index (κ1) is 23.3. The molecule has 0 amide bonds. The second kappa shape index (κ2) is 12.6. The van der Waals surface area contributed by atoms with Crippen LogP contribution in [0.1, 0.15) is 23.6 Å². The van der Waals surface area contributed by atoms with Gasteiger partial charge in [-0.15, -0.1) is 0 Å². The summed E-state index contributed by atoms with van der Waals surface area (Å²) < 4.78 is 22.0. The Labute approximate surface area is 179 Å². The van der Waals surface area contributed by atoms with Gasteiger partial charge >= 0.3 is 0 Å². The van der Waals surface area contributed by atoms with Gasteiger partial charge in [0.15, 0.2) is 5.96 Å². The molecular formula is C23H33N3O4. The minimum atomic E-state index is 0.522. The van der Waals surface area contributed by atoms with Crippen LogP contribution in [0.3, 0.4) is 0 Å². The van der Waals surface area contributed by atoms with Gasteiger partial charge < -0.3 is 29.6 Å². The van der Waals surface area contributed by atoms with Crippen LogP contribution in [0, 0.1) is 6.92 Å². The molecule has 30 heavy (non-hydrogen) atoms. The Morgan fingerprint density at radius 3 is 2.23 bits per heavy atom.